The van der Waals surface area contributed by atoms with Gasteiger partial charge < -0.3 is 15.5 Å². The molecule has 1 aromatic carbocycles. The summed E-state index contributed by atoms with van der Waals surface area (Å²) >= 11 is 0. The van der Waals surface area contributed by atoms with Crippen LogP contribution in [0.2, 0.25) is 0 Å². The number of hydrogen-bond donors (Lipinski definition) is 2. The van der Waals surface area contributed by atoms with Gasteiger partial charge in [-0.3, -0.25) is 4.79 Å². The summed E-state index contributed by atoms with van der Waals surface area (Å²) in [6.45, 7) is 8.72. The third kappa shape index (κ3) is 4.18. The number of aromatic nitrogens is 1. The molecule has 0 aliphatic carbocycles. The molecular formula is C20H24N4O. The zero-order chi connectivity index (χ0) is 17.8. The Bertz CT molecular complexity index is 757. The van der Waals surface area contributed by atoms with E-state index in [1.165, 1.54) is 5.56 Å². The van der Waals surface area contributed by atoms with E-state index in [9.17, 15) is 4.79 Å². The Morgan fingerprint density at radius 3 is 2.76 bits per heavy atom. The van der Waals surface area contributed by atoms with Gasteiger partial charge in [-0.2, -0.15) is 0 Å². The van der Waals surface area contributed by atoms with Gasteiger partial charge in [-0.15, -0.1) is 0 Å². The van der Waals surface area contributed by atoms with Crippen molar-refractivity contribution in [1.82, 2.24) is 10.3 Å². The maximum atomic E-state index is 12.5. The molecule has 5 nitrogen and oxygen atoms in total. The second-order valence-electron chi connectivity index (χ2n) is 6.62. The van der Waals surface area contributed by atoms with Crippen molar-refractivity contribution in [1.29, 1.82) is 0 Å². The molecule has 3 rings (SSSR count). The van der Waals surface area contributed by atoms with Crippen molar-refractivity contribution in [3.05, 3.63) is 66.6 Å². The summed E-state index contributed by atoms with van der Waals surface area (Å²) in [7, 11) is 0. The maximum Gasteiger partial charge on any atom is 0.227 e. The number of nitrogens with one attached hydrogen (secondary N) is 2. The van der Waals surface area contributed by atoms with E-state index in [4.69, 9.17) is 0 Å². The van der Waals surface area contributed by atoms with E-state index in [-0.39, 0.29) is 17.9 Å². The fourth-order valence-corrected chi connectivity index (χ4v) is 3.10. The minimum absolute atomic E-state index is 0.144. The lowest BCUT2D eigenvalue weighted by molar-refractivity contribution is -0.117. The Morgan fingerprint density at radius 2 is 2.04 bits per heavy atom. The van der Waals surface area contributed by atoms with Crippen molar-refractivity contribution in [2.75, 3.05) is 16.8 Å². The van der Waals surface area contributed by atoms with Crippen LogP contribution in [-0.2, 0) is 4.79 Å². The predicted octanol–water partition coefficient (Wildman–Crippen LogP) is 3.48. The highest BCUT2D eigenvalue weighted by Gasteiger charge is 2.31. The summed E-state index contributed by atoms with van der Waals surface area (Å²) < 4.78 is 0. The summed E-state index contributed by atoms with van der Waals surface area (Å²) in [6, 6.07) is 14.2. The van der Waals surface area contributed by atoms with Crippen LogP contribution in [-0.4, -0.2) is 23.5 Å². The van der Waals surface area contributed by atoms with E-state index in [0.29, 0.717) is 24.6 Å². The van der Waals surface area contributed by atoms with Gasteiger partial charge in [-0.05, 0) is 25.5 Å². The number of pyridine rings is 1. The number of hydrogen-bond acceptors (Lipinski definition) is 4. The van der Waals surface area contributed by atoms with Crippen LogP contribution in [0.4, 0.5) is 11.5 Å². The van der Waals surface area contributed by atoms with Crippen molar-refractivity contribution in [2.24, 2.45) is 0 Å². The highest BCUT2D eigenvalue weighted by Crippen LogP contribution is 2.32. The van der Waals surface area contributed by atoms with E-state index in [0.717, 1.165) is 5.69 Å². The molecule has 2 N–H and O–H groups in total. The normalized spacial score (nSPS) is 17.0. The molecule has 1 atom stereocenters. The number of benzene rings is 1. The maximum absolute atomic E-state index is 12.5. The average Bonchev–Trinajstić information content (AvgIpc) is 2.97. The molecular weight excluding hydrogens is 312 g/mol. The van der Waals surface area contributed by atoms with Gasteiger partial charge in [0.05, 0.1) is 5.82 Å². The Hall–Kier alpha value is -2.82. The van der Waals surface area contributed by atoms with Crippen LogP contribution in [0.25, 0.3) is 0 Å². The number of amides is 1. The molecule has 25 heavy (non-hydrogen) atoms. The second-order valence-corrected chi connectivity index (χ2v) is 6.62. The van der Waals surface area contributed by atoms with E-state index in [2.05, 4.69) is 34.3 Å². The number of rotatable bonds is 6. The number of nitrogens with zero attached hydrogens (tertiary/aromatic N) is 2. The first-order valence-corrected chi connectivity index (χ1v) is 8.57. The van der Waals surface area contributed by atoms with Gasteiger partial charge in [0.1, 0.15) is 5.82 Å². The zero-order valence-corrected chi connectivity index (χ0v) is 14.7. The molecule has 1 fully saturated rings. The van der Waals surface area contributed by atoms with Gasteiger partial charge >= 0.3 is 0 Å². The quantitative estimate of drug-likeness (QED) is 0.848. The van der Waals surface area contributed by atoms with E-state index in [1.54, 1.807) is 6.20 Å². The first kappa shape index (κ1) is 17.0. The highest BCUT2D eigenvalue weighted by atomic mass is 16.2. The Balaban J connectivity index is 1.72. The third-order valence-corrected chi connectivity index (χ3v) is 4.19. The van der Waals surface area contributed by atoms with Crippen LogP contribution in [0.5, 0.6) is 0 Å². The van der Waals surface area contributed by atoms with Gasteiger partial charge in [0, 0.05) is 42.9 Å². The van der Waals surface area contributed by atoms with Crippen molar-refractivity contribution in [2.45, 2.75) is 32.2 Å². The molecule has 2 aromatic rings. The summed E-state index contributed by atoms with van der Waals surface area (Å²) in [5.74, 6) is 1.74. The van der Waals surface area contributed by atoms with Crippen molar-refractivity contribution >= 4 is 17.4 Å². The minimum atomic E-state index is 0.144. The summed E-state index contributed by atoms with van der Waals surface area (Å²) in [4.78, 5) is 18.6. The molecule has 0 bridgehead atoms. The summed E-state index contributed by atoms with van der Waals surface area (Å²) in [5.41, 5.74) is 2.07. The van der Waals surface area contributed by atoms with Gasteiger partial charge in [-0.1, -0.05) is 36.9 Å². The molecule has 5 heteroatoms. The summed E-state index contributed by atoms with van der Waals surface area (Å²) in [6.07, 6.45) is 2.25. The molecule has 0 radical (unpaired) electrons. The van der Waals surface area contributed by atoms with Gasteiger partial charge in [0.2, 0.25) is 5.91 Å². The second kappa shape index (κ2) is 7.38. The smallest absolute Gasteiger partial charge is 0.227 e. The Labute approximate surface area is 148 Å². The van der Waals surface area contributed by atoms with Crippen LogP contribution in [0.3, 0.4) is 0 Å². The van der Waals surface area contributed by atoms with Crippen LogP contribution < -0.4 is 15.5 Å². The molecule has 1 aliphatic heterocycles. The fraction of sp³-hybridized carbons (Fsp3) is 0.300. The molecule has 1 unspecified atom stereocenters. The largest absolute Gasteiger partial charge is 0.370 e. The SMILES string of the molecule is C=C(Nc1cc(N2CC(c3ccccc3)CC2=O)ccn1)NC(C)C. The van der Waals surface area contributed by atoms with E-state index >= 15 is 0 Å². The van der Waals surface area contributed by atoms with Crippen LogP contribution in [0.15, 0.2) is 61.1 Å². The molecule has 0 spiro atoms. The van der Waals surface area contributed by atoms with Gasteiger partial charge in [0.25, 0.3) is 0 Å². The van der Waals surface area contributed by atoms with Crippen molar-refractivity contribution < 1.29 is 4.79 Å². The van der Waals surface area contributed by atoms with E-state index in [1.807, 2.05) is 49.1 Å². The Morgan fingerprint density at radius 1 is 1.28 bits per heavy atom. The molecule has 1 aliphatic rings. The monoisotopic (exact) mass is 336 g/mol. The third-order valence-electron chi connectivity index (χ3n) is 4.19. The highest BCUT2D eigenvalue weighted by molar-refractivity contribution is 5.96. The van der Waals surface area contributed by atoms with Gasteiger partial charge in [0.15, 0.2) is 0 Å². The van der Waals surface area contributed by atoms with Crippen molar-refractivity contribution in [3.8, 4) is 0 Å². The molecule has 1 aromatic heterocycles. The lowest BCUT2D eigenvalue weighted by Crippen LogP contribution is -2.26. The molecule has 0 saturated carbocycles. The first-order valence-electron chi connectivity index (χ1n) is 8.57. The minimum Gasteiger partial charge on any atom is -0.370 e. The lowest BCUT2D eigenvalue weighted by Gasteiger charge is -2.19. The number of anilines is 2. The molecule has 1 saturated heterocycles. The van der Waals surface area contributed by atoms with E-state index < -0.39 is 0 Å². The fourth-order valence-electron chi connectivity index (χ4n) is 3.10. The standard InChI is InChI=1S/C20H24N4O/c1-14(2)22-15(3)23-19-12-18(9-10-21-19)24-13-17(11-20(24)25)16-7-5-4-6-8-16/h4-10,12,14,17,22H,3,11,13H2,1-2H3,(H,21,23). The first-order chi connectivity index (χ1) is 12.0. The average molecular weight is 336 g/mol. The topological polar surface area (TPSA) is 57.3 Å². The molecule has 130 valence electrons. The van der Waals surface area contributed by atoms with Crippen LogP contribution >= 0.6 is 0 Å². The molecule has 1 amide bonds. The number of carbonyl (C=O) groups excluding carboxylic acids is 1. The van der Waals surface area contributed by atoms with Gasteiger partial charge in [-0.25, -0.2) is 4.98 Å². The van der Waals surface area contributed by atoms with Crippen molar-refractivity contribution in [3.63, 3.8) is 0 Å². The summed E-state index contributed by atoms with van der Waals surface area (Å²) in [5, 5.41) is 6.33. The van der Waals surface area contributed by atoms with Crippen LogP contribution in [0.1, 0.15) is 31.7 Å². The molecule has 2 heterocycles. The van der Waals surface area contributed by atoms with Crippen LogP contribution in [0, 0.1) is 0 Å². The Kier molecular flexibility index (Phi) is 5.03. The number of carbonyl (C=O) groups is 1. The predicted molar refractivity (Wildman–Crippen MR) is 101 cm³/mol. The lowest BCUT2D eigenvalue weighted by atomic mass is 9.99. The zero-order valence-electron chi connectivity index (χ0n) is 14.7.